The zero-order chi connectivity index (χ0) is 27.0. The highest BCUT2D eigenvalue weighted by Crippen LogP contribution is 2.33. The van der Waals surface area contributed by atoms with Crippen LogP contribution < -0.4 is 14.4 Å². The Morgan fingerprint density at radius 3 is 2.31 bits per heavy atom. The molecule has 0 aromatic heterocycles. The fourth-order valence-electron chi connectivity index (χ4n) is 3.57. The summed E-state index contributed by atoms with van der Waals surface area (Å²) in [4.78, 5) is 28.0. The molecule has 198 valence electrons. The van der Waals surface area contributed by atoms with Crippen molar-refractivity contribution in [1.82, 2.24) is 10.2 Å². The zero-order valence-electron chi connectivity index (χ0n) is 20.6. The van der Waals surface area contributed by atoms with Crippen LogP contribution in [0.2, 0.25) is 15.1 Å². The zero-order valence-corrected chi connectivity index (χ0v) is 23.6. The molecule has 2 aromatic rings. The van der Waals surface area contributed by atoms with Crippen molar-refractivity contribution >= 4 is 62.3 Å². The Morgan fingerprint density at radius 1 is 1.06 bits per heavy atom. The summed E-state index contributed by atoms with van der Waals surface area (Å²) in [5, 5.41) is 3.73. The molecular weight excluding hydrogens is 549 g/mol. The van der Waals surface area contributed by atoms with Gasteiger partial charge in [-0.1, -0.05) is 54.7 Å². The molecule has 0 saturated carbocycles. The number of carbonyl (C=O) groups excluding carboxylic acids is 2. The van der Waals surface area contributed by atoms with E-state index in [1.165, 1.54) is 24.1 Å². The Kier molecular flexibility index (Phi) is 11.2. The molecule has 8 nitrogen and oxygen atoms in total. The quantitative estimate of drug-likeness (QED) is 0.392. The molecule has 12 heteroatoms. The van der Waals surface area contributed by atoms with E-state index in [0.717, 1.165) is 17.0 Å². The lowest BCUT2D eigenvalue weighted by Gasteiger charge is -2.33. The standard InChI is InChI=1S/C24H30Cl3N3O5S/c1-5-11-28-24(32)20(6-2)29(14-16-7-9-18(26)19(27)12-16)23(31)15-30(36(4,33)34)21-13-17(25)8-10-22(21)35-3/h7-10,12-13,20H,5-6,11,14-15H2,1-4H3,(H,28,32). The highest BCUT2D eigenvalue weighted by atomic mass is 35.5. The molecule has 0 aliphatic rings. The summed E-state index contributed by atoms with van der Waals surface area (Å²) in [7, 11) is -2.55. The maximum Gasteiger partial charge on any atom is 0.244 e. The van der Waals surface area contributed by atoms with Crippen LogP contribution in [0.25, 0.3) is 0 Å². The summed E-state index contributed by atoms with van der Waals surface area (Å²) < 4.78 is 31.8. The number of nitrogens with one attached hydrogen (secondary N) is 1. The van der Waals surface area contributed by atoms with Gasteiger partial charge >= 0.3 is 0 Å². The van der Waals surface area contributed by atoms with Gasteiger partial charge in [0.25, 0.3) is 0 Å². The lowest BCUT2D eigenvalue weighted by atomic mass is 10.1. The van der Waals surface area contributed by atoms with Crippen molar-refractivity contribution in [2.24, 2.45) is 0 Å². The molecule has 0 saturated heterocycles. The first-order valence-electron chi connectivity index (χ1n) is 11.2. The van der Waals surface area contributed by atoms with Crippen LogP contribution in [-0.4, -0.2) is 57.6 Å². The monoisotopic (exact) mass is 577 g/mol. The van der Waals surface area contributed by atoms with Gasteiger partial charge in [0.2, 0.25) is 21.8 Å². The molecule has 0 heterocycles. The van der Waals surface area contributed by atoms with Crippen LogP contribution in [0, 0.1) is 0 Å². The Morgan fingerprint density at radius 2 is 1.75 bits per heavy atom. The molecule has 36 heavy (non-hydrogen) atoms. The van der Waals surface area contributed by atoms with Crippen LogP contribution in [0.4, 0.5) is 5.69 Å². The van der Waals surface area contributed by atoms with Crippen molar-refractivity contribution in [3.05, 3.63) is 57.0 Å². The van der Waals surface area contributed by atoms with Gasteiger partial charge in [-0.2, -0.15) is 0 Å². The highest BCUT2D eigenvalue weighted by molar-refractivity contribution is 7.92. The summed E-state index contributed by atoms with van der Waals surface area (Å²) >= 11 is 18.3. The van der Waals surface area contributed by atoms with Gasteiger partial charge in [0, 0.05) is 18.1 Å². The van der Waals surface area contributed by atoms with Crippen molar-refractivity contribution in [2.45, 2.75) is 39.3 Å². The second kappa shape index (κ2) is 13.4. The fourth-order valence-corrected chi connectivity index (χ4v) is 4.90. The molecule has 1 N–H and O–H groups in total. The minimum absolute atomic E-state index is 0.0120. The Labute approximate surface area is 227 Å². The first-order valence-corrected chi connectivity index (χ1v) is 14.2. The van der Waals surface area contributed by atoms with E-state index in [2.05, 4.69) is 5.32 Å². The third-order valence-electron chi connectivity index (χ3n) is 5.36. The van der Waals surface area contributed by atoms with Gasteiger partial charge in [-0.25, -0.2) is 8.42 Å². The van der Waals surface area contributed by atoms with Crippen molar-refractivity contribution < 1.29 is 22.7 Å². The minimum Gasteiger partial charge on any atom is -0.495 e. The van der Waals surface area contributed by atoms with Crippen LogP contribution >= 0.6 is 34.8 Å². The van der Waals surface area contributed by atoms with Gasteiger partial charge in [-0.15, -0.1) is 0 Å². The summed E-state index contributed by atoms with van der Waals surface area (Å²) in [6, 6.07) is 8.52. The van der Waals surface area contributed by atoms with E-state index in [1.807, 2.05) is 6.92 Å². The number of rotatable bonds is 12. The molecule has 0 aliphatic heterocycles. The predicted octanol–water partition coefficient (Wildman–Crippen LogP) is 4.76. The van der Waals surface area contributed by atoms with Crippen LogP contribution in [0.5, 0.6) is 5.75 Å². The second-order valence-corrected chi connectivity index (χ2v) is 11.2. The van der Waals surface area contributed by atoms with Gasteiger partial charge in [0.1, 0.15) is 18.3 Å². The average Bonchev–Trinajstić information content (AvgIpc) is 2.82. The summed E-state index contributed by atoms with van der Waals surface area (Å²) in [5.41, 5.74) is 0.740. The lowest BCUT2D eigenvalue weighted by Crippen LogP contribution is -2.52. The van der Waals surface area contributed by atoms with Gasteiger partial charge < -0.3 is 15.0 Å². The van der Waals surface area contributed by atoms with Crippen molar-refractivity contribution in [2.75, 3.05) is 30.8 Å². The maximum absolute atomic E-state index is 13.7. The summed E-state index contributed by atoms with van der Waals surface area (Å²) in [6.45, 7) is 3.58. The van der Waals surface area contributed by atoms with Gasteiger partial charge in [0.15, 0.2) is 0 Å². The number of carbonyl (C=O) groups is 2. The summed E-state index contributed by atoms with van der Waals surface area (Å²) in [6.07, 6.45) is 2.01. The van der Waals surface area contributed by atoms with E-state index in [0.29, 0.717) is 28.6 Å². The smallest absolute Gasteiger partial charge is 0.244 e. The number of sulfonamides is 1. The molecule has 1 unspecified atom stereocenters. The Bertz CT molecular complexity index is 1190. The number of ether oxygens (including phenoxy) is 1. The van der Waals surface area contributed by atoms with Crippen molar-refractivity contribution in [1.29, 1.82) is 0 Å². The lowest BCUT2D eigenvalue weighted by molar-refractivity contribution is -0.140. The van der Waals surface area contributed by atoms with E-state index < -0.39 is 28.5 Å². The molecule has 2 amide bonds. The summed E-state index contributed by atoms with van der Waals surface area (Å²) in [5.74, 6) is -0.701. The van der Waals surface area contributed by atoms with Gasteiger partial charge in [-0.05, 0) is 48.7 Å². The van der Waals surface area contributed by atoms with E-state index in [-0.39, 0.29) is 28.9 Å². The SMILES string of the molecule is CCCNC(=O)C(CC)N(Cc1ccc(Cl)c(Cl)c1)C(=O)CN(c1cc(Cl)ccc1OC)S(C)(=O)=O. The molecule has 0 bridgehead atoms. The largest absolute Gasteiger partial charge is 0.495 e. The molecule has 2 rings (SSSR count). The number of methoxy groups -OCH3 is 1. The molecule has 0 aliphatic carbocycles. The second-order valence-electron chi connectivity index (χ2n) is 8.07. The predicted molar refractivity (Wildman–Crippen MR) is 145 cm³/mol. The molecule has 0 radical (unpaired) electrons. The third kappa shape index (κ3) is 7.90. The molecule has 2 aromatic carbocycles. The number of benzene rings is 2. The Balaban J connectivity index is 2.52. The Hall–Kier alpha value is -2.20. The van der Waals surface area contributed by atoms with Crippen LogP contribution in [-0.2, 0) is 26.2 Å². The molecular formula is C24H30Cl3N3O5S. The first kappa shape index (κ1) is 30.0. The minimum atomic E-state index is -3.94. The molecule has 1 atom stereocenters. The van der Waals surface area contributed by atoms with Crippen LogP contribution in [0.3, 0.4) is 0 Å². The number of nitrogens with zero attached hydrogens (tertiary/aromatic N) is 2. The van der Waals surface area contributed by atoms with E-state index in [9.17, 15) is 18.0 Å². The van der Waals surface area contributed by atoms with E-state index >= 15 is 0 Å². The normalized spacial score (nSPS) is 12.1. The van der Waals surface area contributed by atoms with Crippen LogP contribution in [0.1, 0.15) is 32.3 Å². The van der Waals surface area contributed by atoms with Crippen molar-refractivity contribution in [3.8, 4) is 5.75 Å². The third-order valence-corrected chi connectivity index (χ3v) is 7.46. The first-order chi connectivity index (χ1) is 16.9. The van der Waals surface area contributed by atoms with Gasteiger partial charge in [0.05, 0.1) is 29.1 Å². The number of amides is 2. The topological polar surface area (TPSA) is 96.0 Å². The molecule has 0 fully saturated rings. The van der Waals surface area contributed by atoms with Gasteiger partial charge in [-0.3, -0.25) is 13.9 Å². The van der Waals surface area contributed by atoms with Crippen molar-refractivity contribution in [3.63, 3.8) is 0 Å². The molecule has 0 spiro atoms. The number of anilines is 1. The van der Waals surface area contributed by atoms with E-state index in [4.69, 9.17) is 39.5 Å². The highest BCUT2D eigenvalue weighted by Gasteiger charge is 2.32. The average molecular weight is 579 g/mol. The number of hydrogen-bond acceptors (Lipinski definition) is 5. The number of halogens is 3. The number of hydrogen-bond donors (Lipinski definition) is 1. The van der Waals surface area contributed by atoms with Crippen LogP contribution in [0.15, 0.2) is 36.4 Å². The fraction of sp³-hybridized carbons (Fsp3) is 0.417. The maximum atomic E-state index is 13.7. The van der Waals surface area contributed by atoms with E-state index in [1.54, 1.807) is 31.2 Å².